The summed E-state index contributed by atoms with van der Waals surface area (Å²) >= 11 is 0. The number of benzene rings is 1. The quantitative estimate of drug-likeness (QED) is 0.838. The monoisotopic (exact) mass is 276 g/mol. The summed E-state index contributed by atoms with van der Waals surface area (Å²) in [6.07, 6.45) is 5.06. The zero-order valence-electron chi connectivity index (χ0n) is 12.8. The van der Waals surface area contributed by atoms with Gasteiger partial charge in [0.25, 0.3) is 0 Å². The van der Waals surface area contributed by atoms with Crippen LogP contribution in [0.1, 0.15) is 31.2 Å². The van der Waals surface area contributed by atoms with Gasteiger partial charge in [-0.25, -0.2) is 0 Å². The molecule has 0 amide bonds. The maximum Gasteiger partial charge on any atom is 0.0462 e. The van der Waals surface area contributed by atoms with Gasteiger partial charge in [-0.3, -0.25) is 0 Å². The topological polar surface area (TPSA) is 35.5 Å². The lowest BCUT2D eigenvalue weighted by atomic mass is 9.79. The third-order valence-electron chi connectivity index (χ3n) is 4.49. The fraction of sp³-hybridized carbons (Fsp3) is 0.647. The van der Waals surface area contributed by atoms with Gasteiger partial charge in [0, 0.05) is 32.9 Å². The largest absolute Gasteiger partial charge is 0.396 e. The molecule has 0 aromatic heterocycles. The maximum atomic E-state index is 9.43. The molecule has 3 nitrogen and oxygen atoms in total. The minimum atomic E-state index is 0.351. The molecule has 0 bridgehead atoms. The van der Waals surface area contributed by atoms with Gasteiger partial charge in [-0.2, -0.15) is 0 Å². The molecule has 2 unspecified atom stereocenters. The Balaban J connectivity index is 1.77. The van der Waals surface area contributed by atoms with Crippen molar-refractivity contribution in [3.63, 3.8) is 0 Å². The van der Waals surface area contributed by atoms with Crippen molar-refractivity contribution in [2.45, 2.75) is 32.2 Å². The lowest BCUT2D eigenvalue weighted by Crippen LogP contribution is -2.32. The molecule has 2 atom stereocenters. The van der Waals surface area contributed by atoms with Crippen molar-refractivity contribution in [3.8, 4) is 0 Å². The molecule has 0 aliphatic heterocycles. The van der Waals surface area contributed by atoms with Crippen LogP contribution in [-0.2, 0) is 6.54 Å². The van der Waals surface area contributed by atoms with Crippen LogP contribution in [0.15, 0.2) is 24.3 Å². The smallest absolute Gasteiger partial charge is 0.0462 e. The van der Waals surface area contributed by atoms with E-state index in [-0.39, 0.29) is 0 Å². The lowest BCUT2D eigenvalue weighted by Gasteiger charge is -2.30. The van der Waals surface area contributed by atoms with E-state index in [1.54, 1.807) is 0 Å². The summed E-state index contributed by atoms with van der Waals surface area (Å²) in [5, 5.41) is 13.0. The van der Waals surface area contributed by atoms with E-state index < -0.39 is 0 Å². The minimum absolute atomic E-state index is 0.351. The van der Waals surface area contributed by atoms with Crippen molar-refractivity contribution in [3.05, 3.63) is 29.8 Å². The molecular formula is C17H28N2O. The second kappa shape index (κ2) is 7.65. The second-order valence-electron chi connectivity index (χ2n) is 6.18. The van der Waals surface area contributed by atoms with E-state index in [4.69, 9.17) is 0 Å². The molecule has 1 aliphatic carbocycles. The zero-order chi connectivity index (χ0) is 14.4. The van der Waals surface area contributed by atoms with Crippen molar-refractivity contribution < 1.29 is 5.11 Å². The lowest BCUT2D eigenvalue weighted by molar-refractivity contribution is 0.133. The van der Waals surface area contributed by atoms with Crippen LogP contribution in [0.2, 0.25) is 0 Å². The second-order valence-corrected chi connectivity index (χ2v) is 6.18. The molecule has 0 spiro atoms. The maximum absolute atomic E-state index is 9.43. The van der Waals surface area contributed by atoms with Gasteiger partial charge in [-0.15, -0.1) is 0 Å². The number of rotatable bonds is 6. The molecule has 0 radical (unpaired) electrons. The Bertz CT molecular complexity index is 388. The third kappa shape index (κ3) is 4.22. The minimum Gasteiger partial charge on any atom is -0.396 e. The van der Waals surface area contributed by atoms with Crippen LogP contribution in [0, 0.1) is 11.8 Å². The van der Waals surface area contributed by atoms with Crippen molar-refractivity contribution in [2.75, 3.05) is 32.1 Å². The van der Waals surface area contributed by atoms with E-state index >= 15 is 0 Å². The van der Waals surface area contributed by atoms with E-state index in [1.807, 2.05) is 0 Å². The van der Waals surface area contributed by atoms with E-state index in [9.17, 15) is 5.11 Å². The molecule has 1 saturated carbocycles. The average molecular weight is 276 g/mol. The van der Waals surface area contributed by atoms with E-state index in [1.165, 1.54) is 36.9 Å². The molecule has 2 rings (SSSR count). The van der Waals surface area contributed by atoms with Gasteiger partial charge in [-0.1, -0.05) is 25.0 Å². The molecule has 112 valence electrons. The summed E-state index contributed by atoms with van der Waals surface area (Å²) in [7, 11) is 4.12. The number of nitrogens with zero attached hydrogens (tertiary/aromatic N) is 1. The average Bonchev–Trinajstić information content (AvgIpc) is 2.48. The van der Waals surface area contributed by atoms with Crippen LogP contribution >= 0.6 is 0 Å². The van der Waals surface area contributed by atoms with Crippen LogP contribution in [0.3, 0.4) is 0 Å². The Morgan fingerprint density at radius 2 is 1.75 bits per heavy atom. The molecule has 0 saturated heterocycles. The Kier molecular flexibility index (Phi) is 5.86. The van der Waals surface area contributed by atoms with Gasteiger partial charge < -0.3 is 15.3 Å². The normalized spacial score (nSPS) is 22.8. The summed E-state index contributed by atoms with van der Waals surface area (Å²) in [4.78, 5) is 2.12. The number of anilines is 1. The van der Waals surface area contributed by atoms with Crippen molar-refractivity contribution in [1.82, 2.24) is 5.32 Å². The Labute approximate surface area is 123 Å². The van der Waals surface area contributed by atoms with Crippen molar-refractivity contribution in [2.24, 2.45) is 11.8 Å². The van der Waals surface area contributed by atoms with Crippen LogP contribution in [0.25, 0.3) is 0 Å². The summed E-state index contributed by atoms with van der Waals surface area (Å²) < 4.78 is 0. The highest BCUT2D eigenvalue weighted by Crippen LogP contribution is 2.29. The highest BCUT2D eigenvalue weighted by atomic mass is 16.3. The Hall–Kier alpha value is -1.06. The highest BCUT2D eigenvalue weighted by Gasteiger charge is 2.23. The zero-order valence-corrected chi connectivity index (χ0v) is 12.8. The number of aliphatic hydroxyl groups excluding tert-OH is 1. The van der Waals surface area contributed by atoms with E-state index in [0.717, 1.165) is 13.1 Å². The van der Waals surface area contributed by atoms with Gasteiger partial charge in [0.2, 0.25) is 0 Å². The van der Waals surface area contributed by atoms with E-state index in [0.29, 0.717) is 18.4 Å². The van der Waals surface area contributed by atoms with Gasteiger partial charge in [0.15, 0.2) is 0 Å². The summed E-state index contributed by atoms with van der Waals surface area (Å²) in [5.41, 5.74) is 2.56. The van der Waals surface area contributed by atoms with Gasteiger partial charge in [0.05, 0.1) is 0 Å². The molecule has 1 aliphatic rings. The first-order valence-corrected chi connectivity index (χ1v) is 7.78. The molecule has 1 aromatic carbocycles. The fourth-order valence-corrected chi connectivity index (χ4v) is 3.11. The first-order valence-electron chi connectivity index (χ1n) is 7.78. The molecule has 2 N–H and O–H groups in total. The van der Waals surface area contributed by atoms with Crippen LogP contribution in [0.5, 0.6) is 0 Å². The molecule has 20 heavy (non-hydrogen) atoms. The highest BCUT2D eigenvalue weighted by molar-refractivity contribution is 5.45. The molecule has 1 fully saturated rings. The summed E-state index contributed by atoms with van der Waals surface area (Å²) in [6, 6.07) is 8.70. The predicted molar refractivity (Wildman–Crippen MR) is 85.0 cm³/mol. The number of nitrogens with one attached hydrogen (secondary N) is 1. The van der Waals surface area contributed by atoms with Gasteiger partial charge >= 0.3 is 0 Å². The summed E-state index contributed by atoms with van der Waals surface area (Å²) in [5.74, 6) is 1.15. The first-order chi connectivity index (χ1) is 9.70. The first kappa shape index (κ1) is 15.3. The standard InChI is InChI=1S/C17H28N2O/c1-19(2)17-9-7-14(8-10-17)11-18-12-15-5-3-4-6-16(15)13-20/h7-10,15-16,18,20H,3-6,11-13H2,1-2H3. The Morgan fingerprint density at radius 1 is 1.10 bits per heavy atom. The number of hydrogen-bond acceptors (Lipinski definition) is 3. The third-order valence-corrected chi connectivity index (χ3v) is 4.49. The summed E-state index contributed by atoms with van der Waals surface area (Å²) in [6.45, 7) is 2.30. The Morgan fingerprint density at radius 3 is 2.35 bits per heavy atom. The molecule has 0 heterocycles. The SMILES string of the molecule is CN(C)c1ccc(CNCC2CCCCC2CO)cc1. The molecule has 3 heteroatoms. The predicted octanol–water partition coefficient (Wildman–Crippen LogP) is 2.64. The number of hydrogen-bond donors (Lipinski definition) is 2. The fourth-order valence-electron chi connectivity index (χ4n) is 3.11. The molecular weight excluding hydrogens is 248 g/mol. The van der Waals surface area contributed by atoms with Gasteiger partial charge in [0.1, 0.15) is 0 Å². The number of aliphatic hydroxyl groups is 1. The van der Waals surface area contributed by atoms with Crippen molar-refractivity contribution >= 4 is 5.69 Å². The van der Waals surface area contributed by atoms with Gasteiger partial charge in [-0.05, 0) is 48.9 Å². The molecule has 1 aromatic rings. The van der Waals surface area contributed by atoms with Crippen LogP contribution < -0.4 is 10.2 Å². The van der Waals surface area contributed by atoms with Crippen LogP contribution in [0.4, 0.5) is 5.69 Å². The van der Waals surface area contributed by atoms with Crippen molar-refractivity contribution in [1.29, 1.82) is 0 Å². The van der Waals surface area contributed by atoms with E-state index in [2.05, 4.69) is 48.6 Å². The van der Waals surface area contributed by atoms with Crippen LogP contribution in [-0.4, -0.2) is 32.4 Å².